The van der Waals surface area contributed by atoms with Gasteiger partial charge in [-0.1, -0.05) is 24.3 Å². The summed E-state index contributed by atoms with van der Waals surface area (Å²) in [6, 6.07) is 7.74. The zero-order chi connectivity index (χ0) is 13.8. The second kappa shape index (κ2) is 5.87. The summed E-state index contributed by atoms with van der Waals surface area (Å²) in [7, 11) is 0. The number of hydrogen-bond donors (Lipinski definition) is 2. The molecule has 1 rings (SSSR count). The second-order valence-corrected chi connectivity index (χ2v) is 5.32. The van der Waals surface area contributed by atoms with E-state index in [0.29, 0.717) is 6.54 Å². The molecule has 0 bridgehead atoms. The predicted octanol–water partition coefficient (Wildman–Crippen LogP) is 2.73. The Morgan fingerprint density at radius 3 is 2.67 bits per heavy atom. The molecular formula is C14H22N2O2. The first-order valence-electron chi connectivity index (χ1n) is 6.10. The van der Waals surface area contributed by atoms with Crippen molar-refractivity contribution in [1.29, 1.82) is 0 Å². The summed E-state index contributed by atoms with van der Waals surface area (Å²) in [5.74, 6) is 0. The van der Waals surface area contributed by atoms with E-state index < -0.39 is 11.7 Å². The molecule has 0 aliphatic rings. The summed E-state index contributed by atoms with van der Waals surface area (Å²) in [5.41, 5.74) is 7.17. The maximum atomic E-state index is 11.6. The minimum Gasteiger partial charge on any atom is -0.444 e. The summed E-state index contributed by atoms with van der Waals surface area (Å²) in [4.78, 5) is 11.6. The standard InChI is InChI=1S/C14H22N2O2/c1-10(16-13(17)18-14(2,3)4)12-7-5-6-11(8-12)9-15/h5-8,10H,9,15H2,1-4H3,(H,16,17). The zero-order valence-electron chi connectivity index (χ0n) is 11.5. The third-order valence-corrected chi connectivity index (χ3v) is 2.42. The van der Waals surface area contributed by atoms with E-state index in [2.05, 4.69) is 5.32 Å². The van der Waals surface area contributed by atoms with Crippen LogP contribution in [0.3, 0.4) is 0 Å². The van der Waals surface area contributed by atoms with E-state index in [1.54, 1.807) is 0 Å². The van der Waals surface area contributed by atoms with Crippen molar-refractivity contribution in [2.45, 2.75) is 45.9 Å². The molecule has 1 aromatic carbocycles. The summed E-state index contributed by atoms with van der Waals surface area (Å²) in [6.45, 7) is 7.93. The molecule has 0 fully saturated rings. The van der Waals surface area contributed by atoms with Gasteiger partial charge in [-0.25, -0.2) is 4.79 Å². The lowest BCUT2D eigenvalue weighted by molar-refractivity contribution is 0.0508. The van der Waals surface area contributed by atoms with Crippen molar-refractivity contribution in [3.63, 3.8) is 0 Å². The third kappa shape index (κ3) is 4.75. The molecule has 1 unspecified atom stereocenters. The van der Waals surface area contributed by atoms with Crippen molar-refractivity contribution in [1.82, 2.24) is 5.32 Å². The van der Waals surface area contributed by atoms with E-state index in [4.69, 9.17) is 10.5 Å². The first-order chi connectivity index (χ1) is 8.31. The Morgan fingerprint density at radius 2 is 2.11 bits per heavy atom. The number of carbonyl (C=O) groups is 1. The molecule has 4 nitrogen and oxygen atoms in total. The Balaban J connectivity index is 2.64. The number of amides is 1. The van der Waals surface area contributed by atoms with E-state index in [1.165, 1.54) is 0 Å². The number of benzene rings is 1. The Hall–Kier alpha value is -1.55. The number of nitrogens with one attached hydrogen (secondary N) is 1. The van der Waals surface area contributed by atoms with E-state index >= 15 is 0 Å². The molecule has 4 heteroatoms. The van der Waals surface area contributed by atoms with Gasteiger partial charge in [-0.3, -0.25) is 0 Å². The average Bonchev–Trinajstić information content (AvgIpc) is 2.26. The molecule has 18 heavy (non-hydrogen) atoms. The van der Waals surface area contributed by atoms with Crippen molar-refractivity contribution in [3.8, 4) is 0 Å². The minimum absolute atomic E-state index is 0.105. The van der Waals surface area contributed by atoms with Gasteiger partial charge in [0, 0.05) is 6.54 Å². The Kier molecular flexibility index (Phi) is 4.73. The van der Waals surface area contributed by atoms with Gasteiger partial charge in [0.2, 0.25) is 0 Å². The van der Waals surface area contributed by atoms with E-state index in [1.807, 2.05) is 52.0 Å². The van der Waals surface area contributed by atoms with Gasteiger partial charge in [-0.15, -0.1) is 0 Å². The highest BCUT2D eigenvalue weighted by Crippen LogP contribution is 2.15. The molecule has 1 atom stereocenters. The molecule has 1 aromatic rings. The number of rotatable bonds is 3. The summed E-state index contributed by atoms with van der Waals surface area (Å²) >= 11 is 0. The molecule has 1 amide bonds. The Morgan fingerprint density at radius 1 is 1.44 bits per heavy atom. The predicted molar refractivity (Wildman–Crippen MR) is 72.1 cm³/mol. The fraction of sp³-hybridized carbons (Fsp3) is 0.500. The smallest absolute Gasteiger partial charge is 0.408 e. The van der Waals surface area contributed by atoms with Crippen LogP contribution in [-0.4, -0.2) is 11.7 Å². The number of carbonyl (C=O) groups excluding carboxylic acids is 1. The third-order valence-electron chi connectivity index (χ3n) is 2.42. The van der Waals surface area contributed by atoms with Gasteiger partial charge in [-0.05, 0) is 38.8 Å². The minimum atomic E-state index is -0.483. The number of nitrogens with two attached hydrogens (primary N) is 1. The zero-order valence-corrected chi connectivity index (χ0v) is 11.5. The first kappa shape index (κ1) is 14.5. The van der Waals surface area contributed by atoms with Crippen LogP contribution < -0.4 is 11.1 Å². The molecule has 0 aliphatic heterocycles. The molecule has 100 valence electrons. The highest BCUT2D eigenvalue weighted by molar-refractivity contribution is 5.68. The highest BCUT2D eigenvalue weighted by Gasteiger charge is 2.18. The lowest BCUT2D eigenvalue weighted by Crippen LogP contribution is -2.34. The van der Waals surface area contributed by atoms with Crippen LogP contribution in [-0.2, 0) is 11.3 Å². The lowest BCUT2D eigenvalue weighted by Gasteiger charge is -2.22. The maximum Gasteiger partial charge on any atom is 0.408 e. The summed E-state index contributed by atoms with van der Waals surface area (Å²) in [5, 5.41) is 2.80. The van der Waals surface area contributed by atoms with Gasteiger partial charge < -0.3 is 15.8 Å². The van der Waals surface area contributed by atoms with E-state index in [9.17, 15) is 4.79 Å². The van der Waals surface area contributed by atoms with Crippen LogP contribution in [0.5, 0.6) is 0 Å². The van der Waals surface area contributed by atoms with Gasteiger partial charge in [0.25, 0.3) is 0 Å². The van der Waals surface area contributed by atoms with Crippen LogP contribution in [0.25, 0.3) is 0 Å². The first-order valence-corrected chi connectivity index (χ1v) is 6.10. The number of ether oxygens (including phenoxy) is 1. The van der Waals surface area contributed by atoms with Crippen molar-refractivity contribution >= 4 is 6.09 Å². The molecule has 0 aliphatic carbocycles. The second-order valence-electron chi connectivity index (χ2n) is 5.32. The Labute approximate surface area is 109 Å². The SMILES string of the molecule is CC(NC(=O)OC(C)(C)C)c1cccc(CN)c1. The van der Waals surface area contributed by atoms with Crippen molar-refractivity contribution in [2.24, 2.45) is 5.73 Å². The quantitative estimate of drug-likeness (QED) is 0.867. The van der Waals surface area contributed by atoms with Gasteiger partial charge in [0.05, 0.1) is 6.04 Å². The van der Waals surface area contributed by atoms with Gasteiger partial charge >= 0.3 is 6.09 Å². The summed E-state index contributed by atoms with van der Waals surface area (Å²) in [6.07, 6.45) is -0.409. The molecule has 0 aromatic heterocycles. The van der Waals surface area contributed by atoms with Crippen LogP contribution in [0, 0.1) is 0 Å². The molecular weight excluding hydrogens is 228 g/mol. The number of hydrogen-bond acceptors (Lipinski definition) is 3. The lowest BCUT2D eigenvalue weighted by atomic mass is 10.1. The number of alkyl carbamates (subject to hydrolysis) is 1. The van der Waals surface area contributed by atoms with E-state index in [0.717, 1.165) is 11.1 Å². The highest BCUT2D eigenvalue weighted by atomic mass is 16.6. The molecule has 0 radical (unpaired) electrons. The van der Waals surface area contributed by atoms with Crippen LogP contribution in [0.15, 0.2) is 24.3 Å². The molecule has 0 saturated heterocycles. The maximum absolute atomic E-state index is 11.6. The molecule has 0 spiro atoms. The van der Waals surface area contributed by atoms with Crippen LogP contribution >= 0.6 is 0 Å². The topological polar surface area (TPSA) is 64.3 Å². The normalized spacial score (nSPS) is 12.9. The van der Waals surface area contributed by atoms with Crippen LogP contribution in [0.4, 0.5) is 4.79 Å². The van der Waals surface area contributed by atoms with E-state index in [-0.39, 0.29) is 6.04 Å². The average molecular weight is 250 g/mol. The largest absolute Gasteiger partial charge is 0.444 e. The van der Waals surface area contributed by atoms with Crippen molar-refractivity contribution in [2.75, 3.05) is 0 Å². The fourth-order valence-corrected chi connectivity index (χ4v) is 1.56. The van der Waals surface area contributed by atoms with Crippen LogP contribution in [0.1, 0.15) is 44.9 Å². The fourth-order valence-electron chi connectivity index (χ4n) is 1.56. The van der Waals surface area contributed by atoms with Gasteiger partial charge in [0.15, 0.2) is 0 Å². The molecule has 0 heterocycles. The van der Waals surface area contributed by atoms with Crippen LogP contribution in [0.2, 0.25) is 0 Å². The Bertz CT molecular complexity index is 411. The monoisotopic (exact) mass is 250 g/mol. The van der Waals surface area contributed by atoms with Gasteiger partial charge in [0.1, 0.15) is 5.60 Å². The molecule has 0 saturated carbocycles. The van der Waals surface area contributed by atoms with Crippen molar-refractivity contribution < 1.29 is 9.53 Å². The molecule has 3 N–H and O–H groups in total. The van der Waals surface area contributed by atoms with Gasteiger partial charge in [-0.2, -0.15) is 0 Å². The summed E-state index contributed by atoms with van der Waals surface area (Å²) < 4.78 is 5.21. The van der Waals surface area contributed by atoms with Crippen molar-refractivity contribution in [3.05, 3.63) is 35.4 Å².